The molecule has 0 aliphatic heterocycles. The summed E-state index contributed by atoms with van der Waals surface area (Å²) in [6, 6.07) is 6.52. The maximum absolute atomic E-state index is 5.84. The highest BCUT2D eigenvalue weighted by Gasteiger charge is 2.05. The van der Waals surface area contributed by atoms with E-state index in [0.29, 0.717) is 12.7 Å². The van der Waals surface area contributed by atoms with Gasteiger partial charge in [0.1, 0.15) is 0 Å². The van der Waals surface area contributed by atoms with E-state index in [0.717, 1.165) is 24.0 Å². The molecule has 0 aliphatic rings. The quantitative estimate of drug-likeness (QED) is 0.666. The Morgan fingerprint density at radius 1 is 1.26 bits per heavy atom. The number of nitrogens with one attached hydrogen (secondary N) is 1. The lowest BCUT2D eigenvalue weighted by atomic mass is 10.1. The van der Waals surface area contributed by atoms with Crippen molar-refractivity contribution < 1.29 is 4.74 Å². The maximum Gasteiger partial charge on any atom is 0.0731 e. The van der Waals surface area contributed by atoms with Gasteiger partial charge in [-0.25, -0.2) is 0 Å². The Hall–Kier alpha value is -0.380. The molecule has 0 spiro atoms. The zero-order valence-electron chi connectivity index (χ0n) is 12.3. The van der Waals surface area contributed by atoms with Crippen LogP contribution in [0.2, 0.25) is 0 Å². The molecule has 0 radical (unpaired) electrons. The van der Waals surface area contributed by atoms with E-state index in [9.17, 15) is 0 Å². The van der Waals surface area contributed by atoms with E-state index < -0.39 is 0 Å². The van der Waals surface area contributed by atoms with Gasteiger partial charge < -0.3 is 10.1 Å². The van der Waals surface area contributed by atoms with Crippen molar-refractivity contribution in [1.82, 2.24) is 5.32 Å². The molecule has 1 aromatic rings. The summed E-state index contributed by atoms with van der Waals surface area (Å²) in [5, 5.41) is 3.41. The van der Waals surface area contributed by atoms with E-state index in [1.165, 1.54) is 24.0 Å². The lowest BCUT2D eigenvalue weighted by Gasteiger charge is -2.13. The van der Waals surface area contributed by atoms with Crippen LogP contribution in [0.25, 0.3) is 0 Å². The van der Waals surface area contributed by atoms with Crippen LogP contribution in [0.3, 0.4) is 0 Å². The molecule has 0 aliphatic carbocycles. The SMILES string of the molecule is CCCNCc1ccc(COC(C)CCC)c(Br)c1. The first-order valence-electron chi connectivity index (χ1n) is 7.27. The predicted molar refractivity (Wildman–Crippen MR) is 85.3 cm³/mol. The molecule has 2 nitrogen and oxygen atoms in total. The van der Waals surface area contributed by atoms with Crippen LogP contribution >= 0.6 is 15.9 Å². The van der Waals surface area contributed by atoms with Crippen molar-refractivity contribution in [3.63, 3.8) is 0 Å². The largest absolute Gasteiger partial charge is 0.374 e. The molecule has 0 heterocycles. The van der Waals surface area contributed by atoms with E-state index in [2.05, 4.69) is 60.2 Å². The average Bonchev–Trinajstić information content (AvgIpc) is 2.38. The standard InChI is InChI=1S/C16H26BrNO/c1-4-6-13(3)19-12-15-8-7-14(10-16(15)17)11-18-9-5-2/h7-8,10,13,18H,4-6,9,11-12H2,1-3H3. The molecular weight excluding hydrogens is 302 g/mol. The first kappa shape index (κ1) is 16.7. The molecule has 0 bridgehead atoms. The fourth-order valence-corrected chi connectivity index (χ4v) is 2.49. The Bertz CT molecular complexity index is 368. The predicted octanol–water partition coefficient (Wildman–Crippen LogP) is 4.65. The van der Waals surface area contributed by atoms with Gasteiger partial charge in [0.15, 0.2) is 0 Å². The normalized spacial score (nSPS) is 12.6. The van der Waals surface area contributed by atoms with Gasteiger partial charge in [-0.05, 0) is 43.5 Å². The van der Waals surface area contributed by atoms with Crippen molar-refractivity contribution >= 4 is 15.9 Å². The van der Waals surface area contributed by atoms with Gasteiger partial charge in [-0.2, -0.15) is 0 Å². The van der Waals surface area contributed by atoms with E-state index in [1.807, 2.05) is 0 Å². The van der Waals surface area contributed by atoms with Crippen LogP contribution in [0.15, 0.2) is 22.7 Å². The lowest BCUT2D eigenvalue weighted by Crippen LogP contribution is -2.14. The molecular formula is C16H26BrNO. The van der Waals surface area contributed by atoms with Gasteiger partial charge in [0, 0.05) is 11.0 Å². The number of benzene rings is 1. The Balaban J connectivity index is 2.47. The highest BCUT2D eigenvalue weighted by molar-refractivity contribution is 9.10. The van der Waals surface area contributed by atoms with Gasteiger partial charge in [0.2, 0.25) is 0 Å². The molecule has 108 valence electrons. The maximum atomic E-state index is 5.84. The number of rotatable bonds is 9. The first-order chi connectivity index (χ1) is 9.17. The summed E-state index contributed by atoms with van der Waals surface area (Å²) >= 11 is 3.64. The van der Waals surface area contributed by atoms with Crippen LogP contribution < -0.4 is 5.32 Å². The van der Waals surface area contributed by atoms with Crippen LogP contribution in [0.4, 0.5) is 0 Å². The molecule has 19 heavy (non-hydrogen) atoms. The summed E-state index contributed by atoms with van der Waals surface area (Å²) < 4.78 is 6.99. The second-order valence-corrected chi connectivity index (χ2v) is 5.87. The summed E-state index contributed by atoms with van der Waals surface area (Å²) in [6.45, 7) is 9.19. The summed E-state index contributed by atoms with van der Waals surface area (Å²) in [6.07, 6.45) is 3.80. The van der Waals surface area contributed by atoms with Gasteiger partial charge >= 0.3 is 0 Å². The average molecular weight is 328 g/mol. The van der Waals surface area contributed by atoms with Crippen LogP contribution in [-0.4, -0.2) is 12.6 Å². The van der Waals surface area contributed by atoms with Gasteiger partial charge in [-0.15, -0.1) is 0 Å². The van der Waals surface area contributed by atoms with Gasteiger partial charge in [-0.3, -0.25) is 0 Å². The van der Waals surface area contributed by atoms with Crippen LogP contribution in [-0.2, 0) is 17.9 Å². The highest BCUT2D eigenvalue weighted by atomic mass is 79.9. The molecule has 1 N–H and O–H groups in total. The molecule has 0 saturated carbocycles. The number of hydrogen-bond donors (Lipinski definition) is 1. The number of ether oxygens (including phenoxy) is 1. The highest BCUT2D eigenvalue weighted by Crippen LogP contribution is 2.20. The molecule has 0 aromatic heterocycles. The fourth-order valence-electron chi connectivity index (χ4n) is 1.95. The Labute approximate surface area is 126 Å². The van der Waals surface area contributed by atoms with Crippen molar-refractivity contribution in [1.29, 1.82) is 0 Å². The van der Waals surface area contributed by atoms with E-state index in [1.54, 1.807) is 0 Å². The minimum Gasteiger partial charge on any atom is -0.374 e. The third kappa shape index (κ3) is 6.55. The fraction of sp³-hybridized carbons (Fsp3) is 0.625. The molecule has 3 heteroatoms. The molecule has 1 aromatic carbocycles. The Morgan fingerprint density at radius 3 is 2.68 bits per heavy atom. The second kappa shape index (κ2) is 9.51. The van der Waals surface area contributed by atoms with Crippen molar-refractivity contribution in [3.05, 3.63) is 33.8 Å². The Morgan fingerprint density at radius 2 is 2.05 bits per heavy atom. The lowest BCUT2D eigenvalue weighted by molar-refractivity contribution is 0.0468. The summed E-state index contributed by atoms with van der Waals surface area (Å²) in [5.41, 5.74) is 2.54. The van der Waals surface area contributed by atoms with Gasteiger partial charge in [0.05, 0.1) is 12.7 Å². The smallest absolute Gasteiger partial charge is 0.0731 e. The first-order valence-corrected chi connectivity index (χ1v) is 8.06. The van der Waals surface area contributed by atoms with Crippen molar-refractivity contribution in [2.24, 2.45) is 0 Å². The second-order valence-electron chi connectivity index (χ2n) is 5.01. The van der Waals surface area contributed by atoms with Crippen LogP contribution in [0, 0.1) is 0 Å². The molecule has 0 saturated heterocycles. The summed E-state index contributed by atoms with van der Waals surface area (Å²) in [4.78, 5) is 0. The zero-order valence-corrected chi connectivity index (χ0v) is 13.9. The number of hydrogen-bond acceptors (Lipinski definition) is 2. The molecule has 1 unspecified atom stereocenters. The van der Waals surface area contributed by atoms with Crippen molar-refractivity contribution in [2.75, 3.05) is 6.54 Å². The third-order valence-electron chi connectivity index (χ3n) is 3.09. The van der Waals surface area contributed by atoms with Crippen LogP contribution in [0.1, 0.15) is 51.2 Å². The van der Waals surface area contributed by atoms with Gasteiger partial charge in [0.25, 0.3) is 0 Å². The minimum atomic E-state index is 0.336. The molecule has 1 atom stereocenters. The number of halogens is 1. The van der Waals surface area contributed by atoms with E-state index in [-0.39, 0.29) is 0 Å². The summed E-state index contributed by atoms with van der Waals surface area (Å²) in [7, 11) is 0. The van der Waals surface area contributed by atoms with E-state index >= 15 is 0 Å². The van der Waals surface area contributed by atoms with Crippen LogP contribution in [0.5, 0.6) is 0 Å². The summed E-state index contributed by atoms with van der Waals surface area (Å²) in [5.74, 6) is 0. The van der Waals surface area contributed by atoms with Crippen molar-refractivity contribution in [2.45, 2.75) is 59.3 Å². The topological polar surface area (TPSA) is 21.3 Å². The minimum absolute atomic E-state index is 0.336. The van der Waals surface area contributed by atoms with Crippen molar-refractivity contribution in [3.8, 4) is 0 Å². The molecule has 1 rings (SSSR count). The van der Waals surface area contributed by atoms with E-state index in [4.69, 9.17) is 4.74 Å². The third-order valence-corrected chi connectivity index (χ3v) is 3.83. The molecule has 0 fully saturated rings. The Kier molecular flexibility index (Phi) is 8.35. The monoisotopic (exact) mass is 327 g/mol. The zero-order chi connectivity index (χ0) is 14.1. The molecule has 0 amide bonds. The van der Waals surface area contributed by atoms with Gasteiger partial charge in [-0.1, -0.05) is 48.3 Å².